The molecule has 0 saturated carbocycles. The summed E-state index contributed by atoms with van der Waals surface area (Å²) in [4.78, 5) is 37.0. The van der Waals surface area contributed by atoms with Crippen molar-refractivity contribution in [3.63, 3.8) is 0 Å². The summed E-state index contributed by atoms with van der Waals surface area (Å²) in [6.45, 7) is 1.70. The number of pyridine rings is 1. The summed E-state index contributed by atoms with van der Waals surface area (Å²) in [5, 5.41) is 13.3. The lowest BCUT2D eigenvalue weighted by Gasteiger charge is -2.11. The van der Waals surface area contributed by atoms with Crippen molar-refractivity contribution in [3.05, 3.63) is 79.6 Å². The molecular formula is C18H12F3N3O4. The highest BCUT2D eigenvalue weighted by Crippen LogP contribution is 2.37. The first-order valence-corrected chi connectivity index (χ1v) is 7.87. The quantitative estimate of drug-likeness (QED) is 0.520. The zero-order valence-electron chi connectivity index (χ0n) is 14.3. The number of hydrogen-bond acceptors (Lipinski definition) is 4. The molecule has 7 nitrogen and oxygen atoms in total. The average molecular weight is 391 g/mol. The molecular weight excluding hydrogens is 379 g/mol. The van der Waals surface area contributed by atoms with Crippen LogP contribution >= 0.6 is 0 Å². The maximum atomic E-state index is 13.0. The minimum absolute atomic E-state index is 0.0498. The van der Waals surface area contributed by atoms with Crippen LogP contribution in [0.5, 0.6) is 0 Å². The van der Waals surface area contributed by atoms with Crippen LogP contribution in [0.25, 0.3) is 10.9 Å². The van der Waals surface area contributed by atoms with Crippen molar-refractivity contribution in [2.45, 2.75) is 13.1 Å². The molecule has 0 aliphatic rings. The molecule has 0 unspecified atom stereocenters. The third kappa shape index (κ3) is 3.70. The van der Waals surface area contributed by atoms with Crippen molar-refractivity contribution in [3.8, 4) is 0 Å². The van der Waals surface area contributed by atoms with Crippen LogP contribution in [0.15, 0.2) is 47.3 Å². The van der Waals surface area contributed by atoms with Gasteiger partial charge in [-0.15, -0.1) is 0 Å². The maximum absolute atomic E-state index is 13.0. The van der Waals surface area contributed by atoms with E-state index in [4.69, 9.17) is 0 Å². The van der Waals surface area contributed by atoms with Crippen LogP contribution in [0.2, 0.25) is 0 Å². The molecule has 0 fully saturated rings. The number of nitro groups is 1. The van der Waals surface area contributed by atoms with E-state index in [1.807, 2.05) is 0 Å². The molecule has 10 heteroatoms. The smallest absolute Gasteiger partial charge is 0.358 e. The summed E-state index contributed by atoms with van der Waals surface area (Å²) < 4.78 is 39.1. The molecule has 28 heavy (non-hydrogen) atoms. The van der Waals surface area contributed by atoms with Crippen LogP contribution in [0.4, 0.5) is 24.5 Å². The second kappa shape index (κ2) is 6.80. The number of hydrogen-bond donors (Lipinski definition) is 2. The van der Waals surface area contributed by atoms with Gasteiger partial charge in [-0.2, -0.15) is 13.2 Å². The fourth-order valence-electron chi connectivity index (χ4n) is 2.72. The van der Waals surface area contributed by atoms with E-state index in [2.05, 4.69) is 10.3 Å². The minimum Gasteiger partial charge on any atom is -0.358 e. The van der Waals surface area contributed by atoms with Gasteiger partial charge < -0.3 is 10.3 Å². The lowest BCUT2D eigenvalue weighted by atomic mass is 10.1. The molecule has 0 atom stereocenters. The molecule has 0 saturated heterocycles. The number of rotatable bonds is 3. The molecule has 0 bridgehead atoms. The zero-order valence-corrected chi connectivity index (χ0v) is 14.3. The second-order valence-electron chi connectivity index (χ2n) is 6.02. The topological polar surface area (TPSA) is 105 Å². The van der Waals surface area contributed by atoms with Gasteiger partial charge in [0.15, 0.2) is 5.43 Å². The van der Waals surface area contributed by atoms with E-state index in [9.17, 15) is 32.9 Å². The molecule has 2 N–H and O–H groups in total. The van der Waals surface area contributed by atoms with Gasteiger partial charge in [-0.1, -0.05) is 0 Å². The van der Waals surface area contributed by atoms with Gasteiger partial charge in [-0.25, -0.2) is 0 Å². The van der Waals surface area contributed by atoms with E-state index >= 15 is 0 Å². The number of aryl methyl sites for hydroxylation is 1. The number of aromatic amines is 1. The van der Waals surface area contributed by atoms with Crippen molar-refractivity contribution in [2.24, 2.45) is 0 Å². The third-order valence-corrected chi connectivity index (χ3v) is 3.98. The molecule has 3 rings (SSSR count). The SMILES string of the molecule is Cc1cc(=O)c2cc(C(=O)Nc3ccc([N+](=O)[O-])c(C(F)(F)F)c3)ccc2[nH]1. The predicted octanol–water partition coefficient (Wildman–Crippen LogP) is 4.02. The van der Waals surface area contributed by atoms with Crippen molar-refractivity contribution in [2.75, 3.05) is 5.32 Å². The van der Waals surface area contributed by atoms with Crippen LogP contribution in [0.1, 0.15) is 21.6 Å². The number of benzene rings is 2. The first-order chi connectivity index (χ1) is 13.1. The Morgan fingerprint density at radius 1 is 1.14 bits per heavy atom. The number of H-pyrrole nitrogens is 1. The lowest BCUT2D eigenvalue weighted by molar-refractivity contribution is -0.388. The van der Waals surface area contributed by atoms with Gasteiger partial charge in [0, 0.05) is 40.0 Å². The normalized spacial score (nSPS) is 11.4. The van der Waals surface area contributed by atoms with Crippen LogP contribution in [-0.4, -0.2) is 15.8 Å². The van der Waals surface area contributed by atoms with Crippen LogP contribution in [0, 0.1) is 17.0 Å². The molecule has 3 aromatic rings. The summed E-state index contributed by atoms with van der Waals surface area (Å²) in [6, 6.07) is 7.76. The van der Waals surface area contributed by atoms with E-state index in [0.717, 1.165) is 6.07 Å². The van der Waals surface area contributed by atoms with Gasteiger partial charge in [-0.05, 0) is 37.3 Å². The lowest BCUT2D eigenvalue weighted by Crippen LogP contribution is -2.15. The highest BCUT2D eigenvalue weighted by atomic mass is 19.4. The monoisotopic (exact) mass is 391 g/mol. The molecule has 144 valence electrons. The average Bonchev–Trinajstić information content (AvgIpc) is 2.60. The van der Waals surface area contributed by atoms with Crippen molar-refractivity contribution in [1.29, 1.82) is 0 Å². The summed E-state index contributed by atoms with van der Waals surface area (Å²) in [5.41, 5.74) is -1.96. The number of anilines is 1. The Morgan fingerprint density at radius 2 is 1.86 bits per heavy atom. The number of alkyl halides is 3. The number of fused-ring (bicyclic) bond motifs is 1. The standard InChI is InChI=1S/C18H12F3N3O4/c1-9-6-16(25)12-7-10(2-4-14(12)22-9)17(26)23-11-3-5-15(24(27)28)13(8-11)18(19,20)21/h2-8H,1H3,(H,22,25)(H,23,26). The van der Waals surface area contributed by atoms with E-state index in [1.165, 1.54) is 24.3 Å². The first kappa shape index (κ1) is 19.1. The Labute approximate surface area is 155 Å². The predicted molar refractivity (Wildman–Crippen MR) is 95.4 cm³/mol. The highest BCUT2D eigenvalue weighted by molar-refractivity contribution is 6.06. The molecule has 1 amide bonds. The summed E-state index contributed by atoms with van der Waals surface area (Å²) in [5.74, 6) is -0.760. The Balaban J connectivity index is 1.96. The molecule has 0 spiro atoms. The first-order valence-electron chi connectivity index (χ1n) is 7.87. The highest BCUT2D eigenvalue weighted by Gasteiger charge is 2.38. The van der Waals surface area contributed by atoms with Gasteiger partial charge in [0.2, 0.25) is 0 Å². The van der Waals surface area contributed by atoms with Gasteiger partial charge in [0.25, 0.3) is 11.6 Å². The summed E-state index contributed by atoms with van der Waals surface area (Å²) >= 11 is 0. The van der Waals surface area contributed by atoms with Crippen LogP contribution in [0.3, 0.4) is 0 Å². The Hall–Kier alpha value is -3.69. The number of nitrogens with zero attached hydrogens (tertiary/aromatic N) is 1. The number of amides is 1. The largest absolute Gasteiger partial charge is 0.423 e. The van der Waals surface area contributed by atoms with E-state index < -0.39 is 28.3 Å². The molecule has 1 heterocycles. The van der Waals surface area contributed by atoms with Gasteiger partial charge in [0.1, 0.15) is 5.56 Å². The van der Waals surface area contributed by atoms with E-state index in [-0.39, 0.29) is 22.1 Å². The molecule has 0 aliphatic heterocycles. The van der Waals surface area contributed by atoms with Gasteiger partial charge in [0.05, 0.1) is 4.92 Å². The Bertz CT molecular complexity index is 1170. The summed E-state index contributed by atoms with van der Waals surface area (Å²) in [7, 11) is 0. The Kier molecular flexibility index (Phi) is 4.63. The number of halogens is 3. The molecule has 0 aliphatic carbocycles. The zero-order chi connectivity index (χ0) is 20.6. The fraction of sp³-hybridized carbons (Fsp3) is 0.111. The third-order valence-electron chi connectivity index (χ3n) is 3.98. The second-order valence-corrected chi connectivity index (χ2v) is 6.02. The van der Waals surface area contributed by atoms with Crippen molar-refractivity contribution in [1.82, 2.24) is 4.98 Å². The van der Waals surface area contributed by atoms with Crippen molar-refractivity contribution >= 4 is 28.2 Å². The van der Waals surface area contributed by atoms with E-state index in [0.29, 0.717) is 23.3 Å². The number of aromatic nitrogens is 1. The van der Waals surface area contributed by atoms with E-state index in [1.54, 1.807) is 6.92 Å². The summed E-state index contributed by atoms with van der Waals surface area (Å²) in [6.07, 6.45) is -4.96. The maximum Gasteiger partial charge on any atom is 0.423 e. The number of nitrogens with one attached hydrogen (secondary N) is 2. The number of carbonyl (C=O) groups excluding carboxylic acids is 1. The van der Waals surface area contributed by atoms with Gasteiger partial charge in [-0.3, -0.25) is 19.7 Å². The fourth-order valence-corrected chi connectivity index (χ4v) is 2.72. The molecule has 0 radical (unpaired) electrons. The van der Waals surface area contributed by atoms with Gasteiger partial charge >= 0.3 is 6.18 Å². The molecule has 1 aromatic heterocycles. The van der Waals surface area contributed by atoms with Crippen LogP contribution < -0.4 is 10.7 Å². The van der Waals surface area contributed by atoms with Crippen molar-refractivity contribution < 1.29 is 22.9 Å². The number of carbonyl (C=O) groups is 1. The number of nitro benzene ring substituents is 1. The minimum atomic E-state index is -4.96. The van der Waals surface area contributed by atoms with Crippen LogP contribution in [-0.2, 0) is 6.18 Å². The molecule has 2 aromatic carbocycles. The Morgan fingerprint density at radius 3 is 2.50 bits per heavy atom.